The van der Waals surface area contributed by atoms with Crippen LogP contribution in [0.3, 0.4) is 0 Å². The Morgan fingerprint density at radius 2 is 1.82 bits per heavy atom. The van der Waals surface area contributed by atoms with Crippen LogP contribution in [0, 0.1) is 5.92 Å². The fraction of sp³-hybridized carbons (Fsp3) is 0.857. The molecule has 0 saturated heterocycles. The van der Waals surface area contributed by atoms with Gasteiger partial charge in [-0.1, -0.05) is 0 Å². The van der Waals surface area contributed by atoms with Gasteiger partial charge < -0.3 is 15.3 Å². The summed E-state index contributed by atoms with van der Waals surface area (Å²) in [5.74, 6) is -1.36. The molecule has 0 aliphatic heterocycles. The molecule has 0 aromatic heterocycles. The van der Waals surface area contributed by atoms with Crippen molar-refractivity contribution in [3.63, 3.8) is 0 Å². The van der Waals surface area contributed by atoms with Crippen molar-refractivity contribution >= 4 is 5.97 Å². The van der Waals surface area contributed by atoms with Gasteiger partial charge in [-0.2, -0.15) is 0 Å². The average Bonchev–Trinajstić information content (AvgIpc) is 1.94. The summed E-state index contributed by atoms with van der Waals surface area (Å²) in [6.07, 6.45) is -0.558. The van der Waals surface area contributed by atoms with Crippen LogP contribution in [0.15, 0.2) is 0 Å². The van der Waals surface area contributed by atoms with E-state index in [2.05, 4.69) is 0 Å². The summed E-state index contributed by atoms with van der Waals surface area (Å²) in [4.78, 5) is 10.4. The van der Waals surface area contributed by atoms with E-state index >= 15 is 0 Å². The number of carboxylic acids is 1. The van der Waals surface area contributed by atoms with Gasteiger partial charge in [0.25, 0.3) is 0 Å². The molecule has 1 aliphatic rings. The molecule has 1 rings (SSSR count). The standard InChI is InChI=1S/C7H12O4/c8-5-2-1-4(7(10)11)3-6(5)9/h4-6,8-9H,1-3H2,(H,10,11)/t4-,5+,6-/m1/s1. The van der Waals surface area contributed by atoms with Gasteiger partial charge in [0.1, 0.15) is 0 Å². The molecule has 0 radical (unpaired) electrons. The number of carboxylic acid groups (broad SMARTS) is 1. The fourth-order valence-corrected chi connectivity index (χ4v) is 1.36. The molecule has 3 atom stereocenters. The Morgan fingerprint density at radius 3 is 2.27 bits per heavy atom. The van der Waals surface area contributed by atoms with Crippen LogP contribution in [0.4, 0.5) is 0 Å². The minimum absolute atomic E-state index is 0.177. The molecule has 3 N–H and O–H groups in total. The van der Waals surface area contributed by atoms with Gasteiger partial charge in [0, 0.05) is 0 Å². The number of carbonyl (C=O) groups is 1. The van der Waals surface area contributed by atoms with E-state index in [1.165, 1.54) is 0 Å². The molecule has 0 spiro atoms. The van der Waals surface area contributed by atoms with Gasteiger partial charge >= 0.3 is 5.97 Å². The van der Waals surface area contributed by atoms with E-state index in [-0.39, 0.29) is 6.42 Å². The normalized spacial score (nSPS) is 38.5. The first-order valence-corrected chi connectivity index (χ1v) is 3.70. The van der Waals surface area contributed by atoms with Crippen LogP contribution in [0.1, 0.15) is 19.3 Å². The van der Waals surface area contributed by atoms with E-state index in [9.17, 15) is 4.79 Å². The van der Waals surface area contributed by atoms with Crippen LogP contribution >= 0.6 is 0 Å². The highest BCUT2D eigenvalue weighted by molar-refractivity contribution is 5.70. The van der Waals surface area contributed by atoms with Crippen molar-refractivity contribution in [2.24, 2.45) is 5.92 Å². The summed E-state index contributed by atoms with van der Waals surface area (Å²) in [7, 11) is 0. The van der Waals surface area contributed by atoms with E-state index in [4.69, 9.17) is 15.3 Å². The van der Waals surface area contributed by atoms with Crippen LogP contribution in [0.2, 0.25) is 0 Å². The van der Waals surface area contributed by atoms with Crippen molar-refractivity contribution < 1.29 is 20.1 Å². The Bertz CT molecular complexity index is 157. The second kappa shape index (κ2) is 3.19. The highest BCUT2D eigenvalue weighted by Crippen LogP contribution is 2.24. The third-order valence-corrected chi connectivity index (χ3v) is 2.13. The van der Waals surface area contributed by atoms with Crippen LogP contribution in [-0.2, 0) is 4.79 Å². The highest BCUT2D eigenvalue weighted by atomic mass is 16.4. The van der Waals surface area contributed by atoms with Gasteiger partial charge in [-0.15, -0.1) is 0 Å². The highest BCUT2D eigenvalue weighted by Gasteiger charge is 2.31. The van der Waals surface area contributed by atoms with E-state index in [0.717, 1.165) is 0 Å². The van der Waals surface area contributed by atoms with Gasteiger partial charge in [0.15, 0.2) is 0 Å². The molecule has 4 heteroatoms. The molecule has 0 bridgehead atoms. The molecule has 11 heavy (non-hydrogen) atoms. The van der Waals surface area contributed by atoms with E-state index in [1.54, 1.807) is 0 Å². The molecule has 0 aromatic carbocycles. The monoisotopic (exact) mass is 160 g/mol. The molecule has 64 valence electrons. The maximum absolute atomic E-state index is 10.4. The number of rotatable bonds is 1. The fourth-order valence-electron chi connectivity index (χ4n) is 1.36. The topological polar surface area (TPSA) is 77.8 Å². The third-order valence-electron chi connectivity index (χ3n) is 2.13. The lowest BCUT2D eigenvalue weighted by Crippen LogP contribution is -2.36. The van der Waals surface area contributed by atoms with Crippen molar-refractivity contribution in [3.05, 3.63) is 0 Å². The summed E-state index contributed by atoms with van der Waals surface area (Å²) in [6, 6.07) is 0. The first-order chi connectivity index (χ1) is 5.11. The Kier molecular flexibility index (Phi) is 2.46. The quantitative estimate of drug-likeness (QED) is 0.487. The lowest BCUT2D eigenvalue weighted by Gasteiger charge is -2.27. The zero-order valence-corrected chi connectivity index (χ0v) is 6.10. The maximum Gasteiger partial charge on any atom is 0.306 e. The third kappa shape index (κ3) is 1.91. The van der Waals surface area contributed by atoms with Gasteiger partial charge in [-0.05, 0) is 19.3 Å². The summed E-state index contributed by atoms with van der Waals surface area (Å²) in [6.45, 7) is 0. The summed E-state index contributed by atoms with van der Waals surface area (Å²) >= 11 is 0. The predicted octanol–water partition coefficient (Wildman–Crippen LogP) is -0.407. The van der Waals surface area contributed by atoms with Gasteiger partial charge in [-0.25, -0.2) is 0 Å². The zero-order valence-electron chi connectivity index (χ0n) is 6.10. The lowest BCUT2D eigenvalue weighted by molar-refractivity contribution is -0.146. The van der Waals surface area contributed by atoms with Crippen molar-refractivity contribution in [3.8, 4) is 0 Å². The summed E-state index contributed by atoms with van der Waals surface area (Å²) in [5, 5.41) is 26.7. The molecule has 0 amide bonds. The Labute approximate surface area is 64.5 Å². The molecule has 0 unspecified atom stereocenters. The van der Waals surface area contributed by atoms with E-state index < -0.39 is 24.1 Å². The van der Waals surface area contributed by atoms with Crippen LogP contribution in [0.5, 0.6) is 0 Å². The first kappa shape index (κ1) is 8.49. The number of hydrogen-bond donors (Lipinski definition) is 3. The molecular formula is C7H12O4. The van der Waals surface area contributed by atoms with Gasteiger partial charge in [0.05, 0.1) is 18.1 Å². The molecule has 1 fully saturated rings. The van der Waals surface area contributed by atoms with Crippen molar-refractivity contribution in [1.82, 2.24) is 0 Å². The van der Waals surface area contributed by atoms with Crippen LogP contribution < -0.4 is 0 Å². The van der Waals surface area contributed by atoms with Crippen molar-refractivity contribution in [1.29, 1.82) is 0 Å². The maximum atomic E-state index is 10.4. The first-order valence-electron chi connectivity index (χ1n) is 3.70. The minimum atomic E-state index is -0.879. The number of aliphatic carboxylic acids is 1. The largest absolute Gasteiger partial charge is 0.481 e. The number of aliphatic hydroxyl groups is 2. The summed E-state index contributed by atoms with van der Waals surface area (Å²) in [5.41, 5.74) is 0. The molecule has 0 heterocycles. The summed E-state index contributed by atoms with van der Waals surface area (Å²) < 4.78 is 0. The minimum Gasteiger partial charge on any atom is -0.481 e. The average molecular weight is 160 g/mol. The van der Waals surface area contributed by atoms with Crippen molar-refractivity contribution in [2.45, 2.75) is 31.5 Å². The van der Waals surface area contributed by atoms with E-state index in [1.807, 2.05) is 0 Å². The van der Waals surface area contributed by atoms with Crippen LogP contribution in [-0.4, -0.2) is 33.5 Å². The second-order valence-electron chi connectivity index (χ2n) is 2.98. The smallest absolute Gasteiger partial charge is 0.306 e. The van der Waals surface area contributed by atoms with Gasteiger partial charge in [0.2, 0.25) is 0 Å². The van der Waals surface area contributed by atoms with Crippen LogP contribution in [0.25, 0.3) is 0 Å². The predicted molar refractivity (Wildman–Crippen MR) is 37.0 cm³/mol. The Hall–Kier alpha value is -0.610. The Balaban J connectivity index is 2.46. The SMILES string of the molecule is O=C(O)[C@@H]1CC[C@H](O)[C@H](O)C1. The number of hydrogen-bond acceptors (Lipinski definition) is 3. The molecule has 4 nitrogen and oxygen atoms in total. The lowest BCUT2D eigenvalue weighted by atomic mass is 9.85. The van der Waals surface area contributed by atoms with E-state index in [0.29, 0.717) is 12.8 Å². The Morgan fingerprint density at radius 1 is 1.18 bits per heavy atom. The van der Waals surface area contributed by atoms with Gasteiger partial charge in [-0.3, -0.25) is 4.79 Å². The second-order valence-corrected chi connectivity index (χ2v) is 2.98. The molecular weight excluding hydrogens is 148 g/mol. The molecule has 1 aliphatic carbocycles. The number of aliphatic hydroxyl groups excluding tert-OH is 2. The van der Waals surface area contributed by atoms with Crippen molar-refractivity contribution in [2.75, 3.05) is 0 Å². The zero-order chi connectivity index (χ0) is 8.43. The molecule has 0 aromatic rings. The molecule has 1 saturated carbocycles.